The van der Waals surface area contributed by atoms with Crippen LogP contribution < -0.4 is 10.6 Å². The minimum absolute atomic E-state index is 0.0476. The van der Waals surface area contributed by atoms with E-state index in [4.69, 9.17) is 0 Å². The number of benzene rings is 2. The average molecular weight is 438 g/mol. The van der Waals surface area contributed by atoms with E-state index in [0.29, 0.717) is 11.4 Å². The van der Waals surface area contributed by atoms with Gasteiger partial charge in [-0.2, -0.15) is 18.2 Å². The van der Waals surface area contributed by atoms with Crippen molar-refractivity contribution in [3.63, 3.8) is 0 Å². The van der Waals surface area contributed by atoms with Gasteiger partial charge in [0.25, 0.3) is 0 Å². The van der Waals surface area contributed by atoms with Gasteiger partial charge in [-0.1, -0.05) is 0 Å². The summed E-state index contributed by atoms with van der Waals surface area (Å²) in [6.45, 7) is 0. The summed E-state index contributed by atoms with van der Waals surface area (Å²) in [4.78, 5) is 30.0. The van der Waals surface area contributed by atoms with Crippen LogP contribution in [-0.4, -0.2) is 28.1 Å². The van der Waals surface area contributed by atoms with Crippen molar-refractivity contribution in [3.05, 3.63) is 71.9 Å². The minimum Gasteiger partial charge on any atom is -0.383 e. The zero-order chi connectivity index (χ0) is 22.6. The maximum absolute atomic E-state index is 14.0. The number of carbonyl (C=O) groups is 2. The molecule has 0 aliphatic rings. The first kappa shape index (κ1) is 21.6. The molecule has 3 rings (SSSR count). The summed E-state index contributed by atoms with van der Waals surface area (Å²) >= 11 is 0. The normalized spacial score (nSPS) is 11.0. The fourth-order valence-electron chi connectivity index (χ4n) is 2.20. The minimum atomic E-state index is -5.29. The van der Waals surface area contributed by atoms with E-state index >= 15 is 0 Å². The van der Waals surface area contributed by atoms with Gasteiger partial charge in [0.1, 0.15) is 5.82 Å². The standard InChI is InChI=1S/C19H11F5N4O3/c20-11-3-7-12(8-4-11)26-15-14(21)9-25-18(28-15)27-13-5-1-10(2-6-13)16(29)31-17(30)19(22,23)24/h1-9H,(H2,25,26,27,28). The number of rotatable bonds is 5. The molecule has 0 saturated heterocycles. The summed E-state index contributed by atoms with van der Waals surface area (Å²) in [6.07, 6.45) is -4.41. The third kappa shape index (κ3) is 5.72. The predicted molar refractivity (Wildman–Crippen MR) is 97.9 cm³/mol. The molecule has 160 valence electrons. The molecule has 1 aromatic heterocycles. The van der Waals surface area contributed by atoms with E-state index in [2.05, 4.69) is 25.3 Å². The van der Waals surface area contributed by atoms with Crippen molar-refractivity contribution in [3.8, 4) is 0 Å². The molecule has 0 saturated carbocycles. The van der Waals surface area contributed by atoms with Gasteiger partial charge >= 0.3 is 18.1 Å². The SMILES string of the molecule is O=C(OC(=O)C(F)(F)F)c1ccc(Nc2ncc(F)c(Nc3ccc(F)cc3)n2)cc1. The Morgan fingerprint density at radius 2 is 1.45 bits per heavy atom. The molecule has 7 nitrogen and oxygen atoms in total. The van der Waals surface area contributed by atoms with E-state index < -0.39 is 29.7 Å². The molecule has 3 aromatic rings. The quantitative estimate of drug-likeness (QED) is 0.345. The molecular weight excluding hydrogens is 427 g/mol. The molecule has 2 N–H and O–H groups in total. The number of alkyl halides is 3. The third-order valence-electron chi connectivity index (χ3n) is 3.64. The highest BCUT2D eigenvalue weighted by Crippen LogP contribution is 2.22. The summed E-state index contributed by atoms with van der Waals surface area (Å²) < 4.78 is 67.1. The molecule has 0 bridgehead atoms. The molecule has 0 unspecified atom stereocenters. The van der Waals surface area contributed by atoms with Crippen LogP contribution in [0.4, 0.5) is 45.1 Å². The van der Waals surface area contributed by atoms with Crippen molar-refractivity contribution in [1.29, 1.82) is 0 Å². The lowest BCUT2D eigenvalue weighted by molar-refractivity contribution is -0.193. The molecule has 0 spiro atoms. The largest absolute Gasteiger partial charge is 0.491 e. The van der Waals surface area contributed by atoms with E-state index in [1.165, 1.54) is 36.4 Å². The number of anilines is 4. The fourth-order valence-corrected chi connectivity index (χ4v) is 2.20. The smallest absolute Gasteiger partial charge is 0.383 e. The van der Waals surface area contributed by atoms with Gasteiger partial charge in [-0.3, -0.25) is 0 Å². The summed E-state index contributed by atoms with van der Waals surface area (Å²) in [5.41, 5.74) is 0.376. The number of carbonyl (C=O) groups excluding carboxylic acids is 2. The first-order chi connectivity index (χ1) is 14.6. The summed E-state index contributed by atoms with van der Waals surface area (Å²) in [7, 11) is 0. The van der Waals surface area contributed by atoms with Crippen molar-refractivity contribution < 1.29 is 36.3 Å². The first-order valence-electron chi connectivity index (χ1n) is 8.37. The Labute approximate surface area is 170 Å². The molecule has 0 atom stereocenters. The average Bonchev–Trinajstić information content (AvgIpc) is 2.72. The second kappa shape index (κ2) is 8.73. The summed E-state index contributed by atoms with van der Waals surface area (Å²) in [5, 5.41) is 5.37. The highest BCUT2D eigenvalue weighted by atomic mass is 19.4. The lowest BCUT2D eigenvalue weighted by Gasteiger charge is -2.10. The predicted octanol–water partition coefficient (Wildman–Crippen LogP) is 4.49. The van der Waals surface area contributed by atoms with Crippen LogP contribution in [0.2, 0.25) is 0 Å². The molecule has 31 heavy (non-hydrogen) atoms. The number of aromatic nitrogens is 2. The van der Waals surface area contributed by atoms with Crippen LogP contribution in [0.1, 0.15) is 10.4 Å². The zero-order valence-electron chi connectivity index (χ0n) is 15.2. The fraction of sp³-hybridized carbons (Fsp3) is 0.0526. The van der Waals surface area contributed by atoms with Crippen LogP contribution in [0.15, 0.2) is 54.7 Å². The number of ether oxygens (including phenoxy) is 1. The highest BCUT2D eigenvalue weighted by Gasteiger charge is 2.42. The van der Waals surface area contributed by atoms with Gasteiger partial charge in [-0.15, -0.1) is 0 Å². The number of hydrogen-bond donors (Lipinski definition) is 2. The van der Waals surface area contributed by atoms with Gasteiger partial charge in [0.05, 0.1) is 11.8 Å². The Morgan fingerprint density at radius 1 is 0.871 bits per heavy atom. The molecule has 2 aromatic carbocycles. The molecule has 0 fully saturated rings. The maximum atomic E-state index is 14.0. The molecular formula is C19H11F5N4O3. The first-order valence-corrected chi connectivity index (χ1v) is 8.37. The monoisotopic (exact) mass is 438 g/mol. The molecule has 1 heterocycles. The lowest BCUT2D eigenvalue weighted by Crippen LogP contribution is -2.28. The number of nitrogens with zero attached hydrogens (tertiary/aromatic N) is 2. The molecule has 0 amide bonds. The highest BCUT2D eigenvalue weighted by molar-refractivity contribution is 5.98. The van der Waals surface area contributed by atoms with Gasteiger partial charge in [-0.05, 0) is 48.5 Å². The Morgan fingerprint density at radius 3 is 2.06 bits per heavy atom. The second-order valence-corrected chi connectivity index (χ2v) is 5.90. The molecule has 0 aliphatic carbocycles. The van der Waals surface area contributed by atoms with Crippen molar-refractivity contribution in [2.75, 3.05) is 10.6 Å². The van der Waals surface area contributed by atoms with Gasteiger partial charge in [-0.25, -0.2) is 23.4 Å². The van der Waals surface area contributed by atoms with Gasteiger partial charge in [0.15, 0.2) is 11.6 Å². The van der Waals surface area contributed by atoms with Crippen molar-refractivity contribution in [1.82, 2.24) is 9.97 Å². The van der Waals surface area contributed by atoms with Crippen molar-refractivity contribution >= 4 is 35.1 Å². The van der Waals surface area contributed by atoms with Crippen LogP contribution in [0, 0.1) is 11.6 Å². The molecule has 0 aliphatic heterocycles. The van der Waals surface area contributed by atoms with Crippen molar-refractivity contribution in [2.24, 2.45) is 0 Å². The van der Waals surface area contributed by atoms with Crippen molar-refractivity contribution in [2.45, 2.75) is 6.18 Å². The Bertz CT molecular complexity index is 1100. The number of nitrogens with one attached hydrogen (secondary N) is 2. The summed E-state index contributed by atoms with van der Waals surface area (Å²) in [5.74, 6) is -5.59. The van der Waals surface area contributed by atoms with E-state index in [-0.39, 0.29) is 17.3 Å². The van der Waals surface area contributed by atoms with Crippen LogP contribution in [-0.2, 0) is 9.53 Å². The maximum Gasteiger partial charge on any atom is 0.491 e. The van der Waals surface area contributed by atoms with Crippen LogP contribution >= 0.6 is 0 Å². The number of hydrogen-bond acceptors (Lipinski definition) is 7. The van der Waals surface area contributed by atoms with E-state index in [0.717, 1.165) is 18.3 Å². The third-order valence-corrected chi connectivity index (χ3v) is 3.64. The molecule has 0 radical (unpaired) electrons. The van der Waals surface area contributed by atoms with Gasteiger partial charge in [0, 0.05) is 11.4 Å². The number of halogens is 5. The Kier molecular flexibility index (Phi) is 6.09. The Hall–Kier alpha value is -4.09. The zero-order valence-corrected chi connectivity index (χ0v) is 15.2. The second-order valence-electron chi connectivity index (χ2n) is 5.90. The van der Waals surface area contributed by atoms with E-state index in [1.807, 2.05) is 0 Å². The topological polar surface area (TPSA) is 93.2 Å². The summed E-state index contributed by atoms with van der Waals surface area (Å²) in [6, 6.07) is 9.90. The van der Waals surface area contributed by atoms with Gasteiger partial charge < -0.3 is 15.4 Å². The van der Waals surface area contributed by atoms with Gasteiger partial charge in [0.2, 0.25) is 5.95 Å². The number of esters is 2. The van der Waals surface area contributed by atoms with Crippen LogP contribution in [0.3, 0.4) is 0 Å². The molecule has 12 heteroatoms. The van der Waals surface area contributed by atoms with Crippen LogP contribution in [0.25, 0.3) is 0 Å². The van der Waals surface area contributed by atoms with Crippen LogP contribution in [0.5, 0.6) is 0 Å². The van der Waals surface area contributed by atoms with E-state index in [9.17, 15) is 31.5 Å². The van der Waals surface area contributed by atoms with E-state index in [1.54, 1.807) is 0 Å². The Balaban J connectivity index is 1.69. The lowest BCUT2D eigenvalue weighted by atomic mass is 10.2.